The number of hydrogen-bond donors (Lipinski definition) is 1. The Morgan fingerprint density at radius 1 is 1.20 bits per heavy atom. The van der Waals surface area contributed by atoms with Gasteiger partial charge in [-0.1, -0.05) is 18.2 Å². The van der Waals surface area contributed by atoms with Crippen LogP contribution in [0.5, 0.6) is 0 Å². The van der Waals surface area contributed by atoms with Crippen molar-refractivity contribution in [1.29, 1.82) is 0 Å². The van der Waals surface area contributed by atoms with Crippen LogP contribution in [-0.4, -0.2) is 44.6 Å². The van der Waals surface area contributed by atoms with Crippen LogP contribution in [0.1, 0.15) is 12.0 Å². The highest BCUT2D eigenvalue weighted by Gasteiger charge is 2.29. The van der Waals surface area contributed by atoms with Crippen LogP contribution in [0.25, 0.3) is 21.9 Å². The number of benzene rings is 2. The van der Waals surface area contributed by atoms with Gasteiger partial charge in [0.05, 0.1) is 35.3 Å². The molecule has 6 nitrogen and oxygen atoms in total. The molecule has 0 unspecified atom stereocenters. The lowest BCUT2D eigenvalue weighted by Gasteiger charge is -2.34. The van der Waals surface area contributed by atoms with Crippen LogP contribution >= 0.6 is 0 Å². The number of fused-ring (bicyclic) bond motifs is 2. The number of aryl methyl sites for hydroxylation is 1. The van der Waals surface area contributed by atoms with Crippen LogP contribution in [0.2, 0.25) is 0 Å². The van der Waals surface area contributed by atoms with Gasteiger partial charge >= 0.3 is 0 Å². The zero-order valence-corrected chi connectivity index (χ0v) is 16.4. The fraction of sp³-hybridized carbons (Fsp3) is 0.333. The van der Waals surface area contributed by atoms with Crippen molar-refractivity contribution in [2.24, 2.45) is 12.8 Å². The Kier molecular flexibility index (Phi) is 4.43. The van der Waals surface area contributed by atoms with E-state index in [2.05, 4.69) is 10.1 Å². The second kappa shape index (κ2) is 7.02. The van der Waals surface area contributed by atoms with Crippen LogP contribution in [0.15, 0.2) is 36.5 Å². The average Bonchev–Trinajstić information content (AvgIpc) is 3.26. The summed E-state index contributed by atoms with van der Waals surface area (Å²) in [6.07, 6.45) is 0.994. The topological polar surface area (TPSA) is 64.9 Å². The fourth-order valence-electron chi connectivity index (χ4n) is 4.25. The Labute approximate surface area is 170 Å². The molecule has 2 N–H and O–H groups in total. The molecule has 2 aromatic carbocycles. The van der Waals surface area contributed by atoms with Gasteiger partial charge in [0.1, 0.15) is 6.17 Å². The molecule has 30 heavy (non-hydrogen) atoms. The zero-order chi connectivity index (χ0) is 21.0. The number of piperidine rings is 1. The van der Waals surface area contributed by atoms with Crippen molar-refractivity contribution in [3.63, 3.8) is 0 Å². The van der Waals surface area contributed by atoms with Crippen molar-refractivity contribution in [1.82, 2.24) is 19.3 Å². The molecule has 0 saturated carbocycles. The van der Waals surface area contributed by atoms with Crippen LogP contribution in [0, 0.1) is 11.6 Å². The van der Waals surface area contributed by atoms with Crippen LogP contribution in [0.4, 0.5) is 19.1 Å². The second-order valence-corrected chi connectivity index (χ2v) is 7.79. The summed E-state index contributed by atoms with van der Waals surface area (Å²) in [5.41, 5.74) is 8.67. The highest BCUT2D eigenvalue weighted by atomic mass is 19.2. The Hall–Kier alpha value is -3.07. The molecule has 0 bridgehead atoms. The summed E-state index contributed by atoms with van der Waals surface area (Å²) in [5.74, 6) is -1.36. The van der Waals surface area contributed by atoms with E-state index in [1.54, 1.807) is 10.9 Å². The average molecular weight is 414 g/mol. The van der Waals surface area contributed by atoms with Crippen LogP contribution in [0.3, 0.4) is 0 Å². The molecule has 0 amide bonds. The Morgan fingerprint density at radius 2 is 2.00 bits per heavy atom. The lowest BCUT2D eigenvalue weighted by molar-refractivity contribution is 0.243. The van der Waals surface area contributed by atoms with E-state index < -0.39 is 23.8 Å². The highest BCUT2D eigenvalue weighted by molar-refractivity contribution is 5.83. The standard InChI is InChI=1S/C21H21F3N6/c1-28-20-12(9-26-28)3-2-4-13(20)10-30-19-8-16(24)15(23)7-18(19)27-21(30)29-6-5-14(22)17(25)11-29/h2-4,7-9,14,17H,5-6,10-11,25H2,1H3/t14-,17-/m1/s1. The molecule has 1 aliphatic heterocycles. The molecule has 0 radical (unpaired) electrons. The van der Waals surface area contributed by atoms with Crippen molar-refractivity contribution in [2.75, 3.05) is 18.0 Å². The molecule has 1 fully saturated rings. The molecule has 3 heterocycles. The number of halogens is 3. The Balaban J connectivity index is 1.67. The molecule has 156 valence electrons. The summed E-state index contributed by atoms with van der Waals surface area (Å²) in [4.78, 5) is 6.45. The predicted molar refractivity (Wildman–Crippen MR) is 109 cm³/mol. The summed E-state index contributed by atoms with van der Waals surface area (Å²) in [5, 5.41) is 5.30. The summed E-state index contributed by atoms with van der Waals surface area (Å²) in [6, 6.07) is 7.49. The van der Waals surface area contributed by atoms with Crippen molar-refractivity contribution in [2.45, 2.75) is 25.2 Å². The van der Waals surface area contributed by atoms with Gasteiger partial charge in [0.15, 0.2) is 11.6 Å². The number of hydrogen-bond acceptors (Lipinski definition) is 4. The fourth-order valence-corrected chi connectivity index (χ4v) is 4.25. The molecule has 2 atom stereocenters. The van der Waals surface area contributed by atoms with Crippen molar-refractivity contribution < 1.29 is 13.2 Å². The first-order valence-electron chi connectivity index (χ1n) is 9.82. The molecule has 1 aliphatic rings. The SMILES string of the molecule is Cn1ncc2cccc(Cn3c(N4CC[C@@H](F)[C@H](N)C4)nc4cc(F)c(F)cc43)c21. The van der Waals surface area contributed by atoms with Crippen molar-refractivity contribution in [3.05, 3.63) is 53.7 Å². The molecule has 0 aliphatic carbocycles. The van der Waals surface area contributed by atoms with E-state index in [-0.39, 0.29) is 13.0 Å². The number of alkyl halides is 1. The largest absolute Gasteiger partial charge is 0.340 e. The van der Waals surface area contributed by atoms with Gasteiger partial charge in [-0.25, -0.2) is 18.2 Å². The normalized spacial score (nSPS) is 19.8. The van der Waals surface area contributed by atoms with E-state index in [0.717, 1.165) is 28.6 Å². The quantitative estimate of drug-likeness (QED) is 0.560. The van der Waals surface area contributed by atoms with Crippen LogP contribution < -0.4 is 10.6 Å². The Morgan fingerprint density at radius 3 is 2.80 bits per heavy atom. The molecule has 1 saturated heterocycles. The third kappa shape index (κ3) is 3.00. The molecule has 9 heteroatoms. The zero-order valence-electron chi connectivity index (χ0n) is 16.4. The van der Waals surface area contributed by atoms with Gasteiger partial charge in [0.25, 0.3) is 0 Å². The maximum Gasteiger partial charge on any atom is 0.206 e. The number of aromatic nitrogens is 4. The minimum atomic E-state index is -1.07. The van der Waals surface area contributed by atoms with E-state index in [4.69, 9.17) is 5.73 Å². The summed E-state index contributed by atoms with van der Waals surface area (Å²) in [7, 11) is 1.86. The first kappa shape index (κ1) is 18.9. The number of nitrogens with zero attached hydrogens (tertiary/aromatic N) is 5. The van der Waals surface area contributed by atoms with Gasteiger partial charge in [-0.05, 0) is 12.0 Å². The van der Waals surface area contributed by atoms with E-state index >= 15 is 0 Å². The van der Waals surface area contributed by atoms with Gasteiger partial charge in [-0.3, -0.25) is 4.68 Å². The predicted octanol–water partition coefficient (Wildman–Crippen LogP) is 3.13. The smallest absolute Gasteiger partial charge is 0.206 e. The third-order valence-electron chi connectivity index (χ3n) is 5.80. The van der Waals surface area contributed by atoms with Gasteiger partial charge < -0.3 is 15.2 Å². The summed E-state index contributed by atoms with van der Waals surface area (Å²) >= 11 is 0. The monoisotopic (exact) mass is 414 g/mol. The first-order valence-corrected chi connectivity index (χ1v) is 9.82. The molecule has 0 spiro atoms. The Bertz CT molecular complexity index is 1250. The molecule has 5 rings (SSSR count). The second-order valence-electron chi connectivity index (χ2n) is 7.79. The van der Waals surface area contributed by atoms with Crippen molar-refractivity contribution >= 4 is 27.9 Å². The molecular weight excluding hydrogens is 393 g/mol. The lowest BCUT2D eigenvalue weighted by atomic mass is 10.1. The number of imidazole rings is 1. The number of anilines is 1. The molecule has 4 aromatic rings. The maximum absolute atomic E-state index is 14.1. The molecular formula is C21H21F3N6. The van der Waals surface area contributed by atoms with E-state index in [9.17, 15) is 13.2 Å². The maximum atomic E-state index is 14.1. The van der Waals surface area contributed by atoms with Crippen LogP contribution in [-0.2, 0) is 13.6 Å². The third-order valence-corrected chi connectivity index (χ3v) is 5.80. The minimum Gasteiger partial charge on any atom is -0.340 e. The minimum absolute atomic E-state index is 0.282. The van der Waals surface area contributed by atoms with E-state index in [0.29, 0.717) is 30.1 Å². The highest BCUT2D eigenvalue weighted by Crippen LogP contribution is 2.29. The van der Waals surface area contributed by atoms with E-state index in [1.165, 1.54) is 0 Å². The number of para-hydroxylation sites is 1. The van der Waals surface area contributed by atoms with Crippen molar-refractivity contribution in [3.8, 4) is 0 Å². The number of rotatable bonds is 3. The summed E-state index contributed by atoms with van der Waals surface area (Å²) in [6.45, 7) is 1.09. The van der Waals surface area contributed by atoms with Gasteiger partial charge in [0.2, 0.25) is 5.95 Å². The summed E-state index contributed by atoms with van der Waals surface area (Å²) < 4.78 is 45.5. The van der Waals surface area contributed by atoms with E-state index in [1.807, 2.05) is 34.7 Å². The van der Waals surface area contributed by atoms with Gasteiger partial charge in [-0.2, -0.15) is 5.10 Å². The lowest BCUT2D eigenvalue weighted by Crippen LogP contribution is -2.50. The molecule has 2 aromatic heterocycles. The first-order chi connectivity index (χ1) is 14.4. The van der Waals surface area contributed by atoms with Gasteiger partial charge in [0, 0.05) is 37.7 Å². The van der Waals surface area contributed by atoms with Gasteiger partial charge in [-0.15, -0.1) is 0 Å². The number of nitrogens with two attached hydrogens (primary N) is 1.